The van der Waals surface area contributed by atoms with Crippen molar-refractivity contribution in [2.24, 2.45) is 0 Å². The van der Waals surface area contributed by atoms with Crippen molar-refractivity contribution in [3.63, 3.8) is 0 Å². The zero-order chi connectivity index (χ0) is 14.2. The molecule has 3 amide bonds. The zero-order valence-electron chi connectivity index (χ0n) is 10.9. The maximum Gasteiger partial charge on any atom is 0.412 e. The molecule has 0 saturated carbocycles. The van der Waals surface area contributed by atoms with Gasteiger partial charge in [-0.1, -0.05) is 0 Å². The van der Waals surface area contributed by atoms with E-state index in [0.717, 1.165) is 0 Å². The normalized spacial score (nSPS) is 13.8. The van der Waals surface area contributed by atoms with Crippen LogP contribution in [0.15, 0.2) is 18.2 Å². The highest BCUT2D eigenvalue weighted by Gasteiger charge is 2.27. The van der Waals surface area contributed by atoms with Gasteiger partial charge in [0.05, 0.1) is 11.1 Å². The molecule has 2 rings (SSSR count). The van der Waals surface area contributed by atoms with Crippen LogP contribution < -0.4 is 10.6 Å². The van der Waals surface area contributed by atoms with Crippen LogP contribution in [0.4, 0.5) is 10.5 Å². The van der Waals surface area contributed by atoms with Crippen LogP contribution in [-0.4, -0.2) is 23.5 Å². The summed E-state index contributed by atoms with van der Waals surface area (Å²) in [6.07, 6.45) is -0.614. The Morgan fingerprint density at radius 1 is 1.16 bits per heavy atom. The first-order valence-electron chi connectivity index (χ1n) is 5.76. The highest BCUT2D eigenvalue weighted by Crippen LogP contribution is 2.20. The molecule has 0 fully saturated rings. The minimum Gasteiger partial charge on any atom is -0.444 e. The number of benzene rings is 1. The molecule has 0 aromatic heterocycles. The number of carbonyl (C=O) groups is 3. The number of hydrogen-bond acceptors (Lipinski definition) is 4. The number of ether oxygens (including phenoxy) is 1. The predicted octanol–water partition coefficient (Wildman–Crippen LogP) is 1.92. The summed E-state index contributed by atoms with van der Waals surface area (Å²) in [5.74, 6) is -0.892. The number of rotatable bonds is 1. The summed E-state index contributed by atoms with van der Waals surface area (Å²) in [6, 6.07) is 4.47. The Morgan fingerprint density at radius 3 is 2.42 bits per heavy atom. The Labute approximate surface area is 110 Å². The van der Waals surface area contributed by atoms with Crippen molar-refractivity contribution in [3.8, 4) is 0 Å². The Kier molecular flexibility index (Phi) is 3.01. The second-order valence-corrected chi connectivity index (χ2v) is 5.17. The number of hydrogen-bond donors (Lipinski definition) is 2. The van der Waals surface area contributed by atoms with Crippen molar-refractivity contribution >= 4 is 23.6 Å². The molecule has 1 aliphatic heterocycles. The summed E-state index contributed by atoms with van der Waals surface area (Å²) in [5.41, 5.74) is 0.352. The van der Waals surface area contributed by atoms with E-state index in [0.29, 0.717) is 11.3 Å². The van der Waals surface area contributed by atoms with Crippen LogP contribution in [0, 0.1) is 0 Å². The standard InChI is InChI=1S/C13H14N2O4/c1-13(2,3)19-12(18)14-7-4-5-8-9(6-7)11(17)15-10(8)16/h4-6H,1-3H3,(H,14,18)(H,15,16,17). The van der Waals surface area contributed by atoms with Gasteiger partial charge in [0.15, 0.2) is 0 Å². The van der Waals surface area contributed by atoms with Gasteiger partial charge in [0.25, 0.3) is 11.8 Å². The largest absolute Gasteiger partial charge is 0.444 e. The van der Waals surface area contributed by atoms with E-state index in [9.17, 15) is 14.4 Å². The van der Waals surface area contributed by atoms with Crippen molar-refractivity contribution in [2.45, 2.75) is 26.4 Å². The minimum atomic E-state index is -0.614. The van der Waals surface area contributed by atoms with Gasteiger partial charge in [-0.3, -0.25) is 20.2 Å². The van der Waals surface area contributed by atoms with E-state index in [1.165, 1.54) is 12.1 Å². The number of carbonyl (C=O) groups excluding carboxylic acids is 3. The molecule has 0 aliphatic carbocycles. The SMILES string of the molecule is CC(C)(C)OC(=O)Nc1ccc2c(c1)C(=O)NC2=O. The summed E-state index contributed by atoms with van der Waals surface area (Å²) in [4.78, 5) is 34.4. The highest BCUT2D eigenvalue weighted by atomic mass is 16.6. The van der Waals surface area contributed by atoms with E-state index in [1.54, 1.807) is 26.8 Å². The van der Waals surface area contributed by atoms with Crippen LogP contribution in [0.2, 0.25) is 0 Å². The molecule has 1 aromatic carbocycles. The molecule has 19 heavy (non-hydrogen) atoms. The average molecular weight is 262 g/mol. The number of anilines is 1. The molecule has 6 heteroatoms. The molecule has 1 aliphatic rings. The molecule has 6 nitrogen and oxygen atoms in total. The van der Waals surface area contributed by atoms with Crippen LogP contribution in [0.3, 0.4) is 0 Å². The molecule has 0 bridgehead atoms. The van der Waals surface area contributed by atoms with E-state index in [4.69, 9.17) is 4.74 Å². The van der Waals surface area contributed by atoms with Crippen molar-refractivity contribution in [1.29, 1.82) is 0 Å². The van der Waals surface area contributed by atoms with E-state index >= 15 is 0 Å². The molecule has 0 atom stereocenters. The molecular formula is C13H14N2O4. The van der Waals surface area contributed by atoms with E-state index in [-0.39, 0.29) is 5.56 Å². The van der Waals surface area contributed by atoms with E-state index in [2.05, 4.69) is 10.6 Å². The maximum atomic E-state index is 11.6. The van der Waals surface area contributed by atoms with Gasteiger partial charge in [0.2, 0.25) is 0 Å². The van der Waals surface area contributed by atoms with Gasteiger partial charge in [-0.2, -0.15) is 0 Å². The minimum absolute atomic E-state index is 0.249. The van der Waals surface area contributed by atoms with Gasteiger partial charge in [-0.05, 0) is 39.0 Å². The summed E-state index contributed by atoms with van der Waals surface area (Å²) in [6.45, 7) is 5.25. The molecule has 0 unspecified atom stereocenters. The second-order valence-electron chi connectivity index (χ2n) is 5.17. The first kappa shape index (κ1) is 13.1. The van der Waals surface area contributed by atoms with Crippen molar-refractivity contribution in [1.82, 2.24) is 5.32 Å². The zero-order valence-corrected chi connectivity index (χ0v) is 10.9. The first-order valence-corrected chi connectivity index (χ1v) is 5.76. The van der Waals surface area contributed by atoms with Crippen molar-refractivity contribution in [2.75, 3.05) is 5.32 Å². The molecule has 2 N–H and O–H groups in total. The summed E-state index contributed by atoms with van der Waals surface area (Å²) in [5, 5.41) is 4.69. The highest BCUT2D eigenvalue weighted by molar-refractivity contribution is 6.21. The van der Waals surface area contributed by atoms with Crippen molar-refractivity contribution in [3.05, 3.63) is 29.3 Å². The van der Waals surface area contributed by atoms with Crippen LogP contribution in [-0.2, 0) is 4.74 Å². The van der Waals surface area contributed by atoms with Crippen molar-refractivity contribution < 1.29 is 19.1 Å². The van der Waals surface area contributed by atoms with E-state index in [1.807, 2.05) is 0 Å². The Morgan fingerprint density at radius 2 is 1.79 bits per heavy atom. The third kappa shape index (κ3) is 2.90. The fourth-order valence-electron chi connectivity index (χ4n) is 1.67. The second kappa shape index (κ2) is 4.38. The monoisotopic (exact) mass is 262 g/mol. The van der Waals surface area contributed by atoms with Gasteiger partial charge >= 0.3 is 6.09 Å². The molecule has 0 spiro atoms. The smallest absolute Gasteiger partial charge is 0.412 e. The lowest BCUT2D eigenvalue weighted by Crippen LogP contribution is -2.27. The van der Waals surface area contributed by atoms with Gasteiger partial charge < -0.3 is 4.74 Å². The summed E-state index contributed by atoms with van der Waals surface area (Å²) in [7, 11) is 0. The third-order valence-corrected chi connectivity index (χ3v) is 2.38. The number of nitrogens with one attached hydrogen (secondary N) is 2. The molecule has 100 valence electrons. The lowest BCUT2D eigenvalue weighted by molar-refractivity contribution is 0.0635. The van der Waals surface area contributed by atoms with Crippen LogP contribution >= 0.6 is 0 Å². The number of imide groups is 1. The maximum absolute atomic E-state index is 11.6. The third-order valence-electron chi connectivity index (χ3n) is 2.38. The quantitative estimate of drug-likeness (QED) is 0.757. The Hall–Kier alpha value is -2.37. The molecule has 0 radical (unpaired) electrons. The topological polar surface area (TPSA) is 84.5 Å². The van der Waals surface area contributed by atoms with Crippen LogP contribution in [0.25, 0.3) is 0 Å². The summed E-state index contributed by atoms with van der Waals surface area (Å²) >= 11 is 0. The molecule has 1 aromatic rings. The Balaban J connectivity index is 2.16. The van der Waals surface area contributed by atoms with E-state index < -0.39 is 23.5 Å². The first-order chi connectivity index (χ1) is 8.76. The van der Waals surface area contributed by atoms with Crippen LogP contribution in [0.1, 0.15) is 41.5 Å². The number of fused-ring (bicyclic) bond motifs is 1. The lowest BCUT2D eigenvalue weighted by Gasteiger charge is -2.19. The number of amides is 3. The lowest BCUT2D eigenvalue weighted by atomic mass is 10.1. The predicted molar refractivity (Wildman–Crippen MR) is 68.1 cm³/mol. The molecular weight excluding hydrogens is 248 g/mol. The molecule has 0 saturated heterocycles. The fourth-order valence-corrected chi connectivity index (χ4v) is 1.67. The Bertz CT molecular complexity index is 572. The van der Waals surface area contributed by atoms with Crippen LogP contribution in [0.5, 0.6) is 0 Å². The van der Waals surface area contributed by atoms with Gasteiger partial charge in [0.1, 0.15) is 5.60 Å². The van der Waals surface area contributed by atoms with Gasteiger partial charge in [-0.15, -0.1) is 0 Å². The average Bonchev–Trinajstić information content (AvgIpc) is 2.51. The van der Waals surface area contributed by atoms with Gasteiger partial charge in [-0.25, -0.2) is 4.79 Å². The molecule has 1 heterocycles. The summed E-state index contributed by atoms with van der Waals surface area (Å²) < 4.78 is 5.09. The fraction of sp³-hybridized carbons (Fsp3) is 0.308. The van der Waals surface area contributed by atoms with Gasteiger partial charge in [0, 0.05) is 5.69 Å².